The van der Waals surface area contributed by atoms with Crippen LogP contribution in [0.15, 0.2) is 18.2 Å². The highest BCUT2D eigenvalue weighted by Gasteiger charge is 2.39. The fourth-order valence-electron chi connectivity index (χ4n) is 2.33. The molecule has 1 heterocycles. The Labute approximate surface area is 103 Å². The lowest BCUT2D eigenvalue weighted by molar-refractivity contribution is -0.170. The van der Waals surface area contributed by atoms with Gasteiger partial charge >= 0.3 is 0 Å². The summed E-state index contributed by atoms with van der Waals surface area (Å²) in [5.41, 5.74) is 3.65. The van der Waals surface area contributed by atoms with Gasteiger partial charge in [-0.2, -0.15) is 0 Å². The van der Waals surface area contributed by atoms with Gasteiger partial charge in [0.25, 0.3) is 0 Å². The van der Waals surface area contributed by atoms with Crippen LogP contribution in [0.2, 0.25) is 0 Å². The molecule has 1 aromatic carbocycles. The van der Waals surface area contributed by atoms with Gasteiger partial charge in [-0.3, -0.25) is 0 Å². The Morgan fingerprint density at radius 2 is 1.94 bits per heavy atom. The first-order valence-corrected chi connectivity index (χ1v) is 6.18. The van der Waals surface area contributed by atoms with Crippen molar-refractivity contribution >= 4 is 0 Å². The lowest BCUT2D eigenvalue weighted by Gasteiger charge is -2.29. The molecule has 1 N–H and O–H groups in total. The second kappa shape index (κ2) is 5.17. The van der Waals surface area contributed by atoms with Crippen LogP contribution in [0.25, 0.3) is 0 Å². The van der Waals surface area contributed by atoms with Gasteiger partial charge in [-0.25, -0.2) is 0 Å². The average Bonchev–Trinajstić information content (AvgIpc) is 2.79. The molecule has 1 aliphatic heterocycles. The van der Waals surface area contributed by atoms with Gasteiger partial charge < -0.3 is 14.8 Å². The van der Waals surface area contributed by atoms with Gasteiger partial charge in [-0.15, -0.1) is 0 Å². The highest BCUT2D eigenvalue weighted by Crippen LogP contribution is 2.36. The summed E-state index contributed by atoms with van der Waals surface area (Å²) in [6.07, 6.45) is 0.841. The summed E-state index contributed by atoms with van der Waals surface area (Å²) >= 11 is 0. The molecular weight excluding hydrogens is 214 g/mol. The van der Waals surface area contributed by atoms with Gasteiger partial charge in [0.1, 0.15) is 0 Å². The Hall–Kier alpha value is -0.900. The quantitative estimate of drug-likeness (QED) is 0.867. The van der Waals surface area contributed by atoms with Gasteiger partial charge in [-0.1, -0.05) is 23.8 Å². The fraction of sp³-hybridized carbons (Fsp3) is 0.571. The number of hydrogen-bond donors (Lipinski definition) is 1. The molecule has 3 heteroatoms. The van der Waals surface area contributed by atoms with Crippen molar-refractivity contribution in [2.45, 2.75) is 26.1 Å². The molecule has 2 rings (SSSR count). The molecular formula is C14H21NO2. The largest absolute Gasteiger partial charge is 0.343 e. The summed E-state index contributed by atoms with van der Waals surface area (Å²) in [5.74, 6) is -0.543. The molecule has 0 aliphatic carbocycles. The van der Waals surface area contributed by atoms with E-state index >= 15 is 0 Å². The maximum atomic E-state index is 5.90. The number of rotatable bonds is 4. The van der Waals surface area contributed by atoms with Crippen molar-refractivity contribution in [3.05, 3.63) is 34.9 Å². The Morgan fingerprint density at radius 3 is 2.59 bits per heavy atom. The van der Waals surface area contributed by atoms with Crippen molar-refractivity contribution in [2.24, 2.45) is 0 Å². The molecule has 0 bridgehead atoms. The van der Waals surface area contributed by atoms with Crippen molar-refractivity contribution in [2.75, 3.05) is 26.8 Å². The topological polar surface area (TPSA) is 30.5 Å². The molecule has 1 fully saturated rings. The molecule has 1 aliphatic rings. The van der Waals surface area contributed by atoms with E-state index in [9.17, 15) is 0 Å². The summed E-state index contributed by atoms with van der Waals surface area (Å²) in [5, 5.41) is 3.16. The zero-order valence-electron chi connectivity index (χ0n) is 10.9. The van der Waals surface area contributed by atoms with Crippen LogP contribution in [0, 0.1) is 13.8 Å². The minimum absolute atomic E-state index is 0.543. The number of hydrogen-bond acceptors (Lipinski definition) is 3. The molecule has 0 atom stereocenters. The van der Waals surface area contributed by atoms with Crippen LogP contribution in [-0.4, -0.2) is 26.8 Å². The number of ether oxygens (including phenoxy) is 2. The Morgan fingerprint density at radius 1 is 1.24 bits per heavy atom. The van der Waals surface area contributed by atoms with Crippen LogP contribution in [0.5, 0.6) is 0 Å². The zero-order chi connectivity index (χ0) is 12.3. The van der Waals surface area contributed by atoms with Crippen molar-refractivity contribution in [1.29, 1.82) is 0 Å². The predicted molar refractivity (Wildman–Crippen MR) is 68.0 cm³/mol. The first-order valence-electron chi connectivity index (χ1n) is 6.18. The second-order valence-electron chi connectivity index (χ2n) is 4.62. The van der Waals surface area contributed by atoms with Crippen molar-refractivity contribution < 1.29 is 9.47 Å². The van der Waals surface area contributed by atoms with E-state index in [0.717, 1.165) is 13.0 Å². The molecule has 0 radical (unpaired) electrons. The Balaban J connectivity index is 2.34. The van der Waals surface area contributed by atoms with Crippen molar-refractivity contribution in [3.8, 4) is 0 Å². The monoisotopic (exact) mass is 235 g/mol. The minimum atomic E-state index is -0.543. The fourth-order valence-corrected chi connectivity index (χ4v) is 2.33. The summed E-state index contributed by atoms with van der Waals surface area (Å²) in [6, 6.07) is 6.44. The normalized spacial score (nSPS) is 18.5. The van der Waals surface area contributed by atoms with E-state index in [4.69, 9.17) is 9.47 Å². The van der Waals surface area contributed by atoms with Crippen molar-refractivity contribution in [1.82, 2.24) is 5.32 Å². The van der Waals surface area contributed by atoms with Gasteiger partial charge in [0.2, 0.25) is 0 Å². The maximum Gasteiger partial charge on any atom is 0.196 e. The van der Waals surface area contributed by atoms with Crippen LogP contribution in [-0.2, 0) is 15.3 Å². The first kappa shape index (κ1) is 12.6. The van der Waals surface area contributed by atoms with Gasteiger partial charge in [0.15, 0.2) is 5.79 Å². The summed E-state index contributed by atoms with van der Waals surface area (Å²) in [6.45, 7) is 6.45. The standard InChI is InChI=1S/C14H21NO2/c1-11-4-5-12(2)13(10-11)14(6-7-15-3)16-8-9-17-14/h4-5,10,15H,6-9H2,1-3H3. The molecule has 0 unspecified atom stereocenters. The molecule has 0 aromatic heterocycles. The van der Waals surface area contributed by atoms with Gasteiger partial charge in [0.05, 0.1) is 13.2 Å². The third-order valence-corrected chi connectivity index (χ3v) is 3.26. The third-order valence-electron chi connectivity index (χ3n) is 3.26. The molecule has 0 saturated carbocycles. The summed E-state index contributed by atoms with van der Waals surface area (Å²) < 4.78 is 11.8. The van der Waals surface area contributed by atoms with Crippen LogP contribution >= 0.6 is 0 Å². The van der Waals surface area contributed by atoms with E-state index in [-0.39, 0.29) is 0 Å². The third kappa shape index (κ3) is 2.51. The number of benzene rings is 1. The Bertz CT molecular complexity index is 384. The lowest BCUT2D eigenvalue weighted by Crippen LogP contribution is -2.32. The maximum absolute atomic E-state index is 5.90. The van der Waals surface area contributed by atoms with E-state index in [0.29, 0.717) is 13.2 Å². The van der Waals surface area contributed by atoms with E-state index < -0.39 is 5.79 Å². The number of aryl methyl sites for hydroxylation is 2. The smallest absolute Gasteiger partial charge is 0.196 e. The molecule has 94 valence electrons. The zero-order valence-corrected chi connectivity index (χ0v) is 10.9. The second-order valence-corrected chi connectivity index (χ2v) is 4.62. The Kier molecular flexibility index (Phi) is 3.82. The van der Waals surface area contributed by atoms with Crippen LogP contribution in [0.1, 0.15) is 23.1 Å². The van der Waals surface area contributed by atoms with Crippen LogP contribution in [0.4, 0.5) is 0 Å². The van der Waals surface area contributed by atoms with E-state index in [1.165, 1.54) is 16.7 Å². The first-order chi connectivity index (χ1) is 8.18. The van der Waals surface area contributed by atoms with Crippen LogP contribution < -0.4 is 5.32 Å². The van der Waals surface area contributed by atoms with Crippen molar-refractivity contribution in [3.63, 3.8) is 0 Å². The van der Waals surface area contributed by atoms with E-state index in [2.05, 4.69) is 37.4 Å². The molecule has 3 nitrogen and oxygen atoms in total. The minimum Gasteiger partial charge on any atom is -0.343 e. The SMILES string of the molecule is CNCCC1(c2cc(C)ccc2C)OCCO1. The average molecular weight is 235 g/mol. The van der Waals surface area contributed by atoms with E-state index in [1.807, 2.05) is 7.05 Å². The molecule has 0 spiro atoms. The predicted octanol–water partition coefficient (Wildman–Crippen LogP) is 2.11. The molecule has 1 saturated heterocycles. The highest BCUT2D eigenvalue weighted by atomic mass is 16.7. The van der Waals surface area contributed by atoms with E-state index in [1.54, 1.807) is 0 Å². The molecule has 0 amide bonds. The number of nitrogens with one attached hydrogen (secondary N) is 1. The lowest BCUT2D eigenvalue weighted by atomic mass is 9.95. The summed E-state index contributed by atoms with van der Waals surface area (Å²) in [4.78, 5) is 0. The highest BCUT2D eigenvalue weighted by molar-refractivity contribution is 5.34. The van der Waals surface area contributed by atoms with Gasteiger partial charge in [0, 0.05) is 18.5 Å². The summed E-state index contributed by atoms with van der Waals surface area (Å²) in [7, 11) is 1.95. The van der Waals surface area contributed by atoms with Gasteiger partial charge in [-0.05, 0) is 26.5 Å². The molecule has 17 heavy (non-hydrogen) atoms. The van der Waals surface area contributed by atoms with Crippen LogP contribution in [0.3, 0.4) is 0 Å². The molecule has 1 aromatic rings.